The molecule has 90 heavy (non-hydrogen) atoms. The molecule has 8 aromatic carbocycles. The lowest BCUT2D eigenvalue weighted by Gasteiger charge is -2.44. The number of aliphatic hydroxyl groups excluding tert-OH is 2. The van der Waals surface area contributed by atoms with Gasteiger partial charge in [0.15, 0.2) is 0 Å². The monoisotopic (exact) mass is 1380 g/mol. The van der Waals surface area contributed by atoms with Crippen LogP contribution >= 0.6 is 92.8 Å². The Morgan fingerprint density at radius 3 is 0.711 bits per heavy atom. The Balaban J connectivity index is 0.000000659. The van der Waals surface area contributed by atoms with Crippen LogP contribution in [0.2, 0.25) is 0 Å². The van der Waals surface area contributed by atoms with Crippen molar-refractivity contribution in [3.05, 3.63) is 244 Å². The zero-order valence-electron chi connectivity index (χ0n) is 53.0. The maximum atomic E-state index is 12.7. The number of hydrogen-bond acceptors (Lipinski definition) is 8. The van der Waals surface area contributed by atoms with Crippen LogP contribution in [0.4, 0.5) is 0 Å². The number of rotatable bonds is 4. The van der Waals surface area contributed by atoms with E-state index >= 15 is 0 Å². The van der Waals surface area contributed by atoms with Crippen LogP contribution in [0.1, 0.15) is 188 Å². The Morgan fingerprint density at radius 2 is 0.522 bits per heavy atom. The predicted molar refractivity (Wildman–Crippen MR) is 376 cm³/mol. The molecule has 0 saturated heterocycles. The fraction of sp³-hybridized carbons (Fsp3) is 0.351. The van der Waals surface area contributed by atoms with E-state index in [0.717, 1.165) is 115 Å². The molecule has 0 saturated carbocycles. The highest BCUT2D eigenvalue weighted by Crippen LogP contribution is 2.63. The van der Waals surface area contributed by atoms with Crippen molar-refractivity contribution < 1.29 is 39.4 Å². The van der Waals surface area contributed by atoms with Crippen molar-refractivity contribution in [2.45, 2.75) is 102 Å². The largest absolute Gasteiger partial charge is 0.507 e. The lowest BCUT2D eigenvalue weighted by Crippen LogP contribution is -2.29. The third kappa shape index (κ3) is 13.7. The Hall–Kier alpha value is -5.20. The molecule has 16 heteroatoms. The topological polar surface area (TPSA) is 118 Å². The second-order valence-electron chi connectivity index (χ2n) is 23.9. The van der Waals surface area contributed by atoms with Crippen LogP contribution in [0.3, 0.4) is 0 Å². The fourth-order valence-electron chi connectivity index (χ4n) is 14.1. The summed E-state index contributed by atoms with van der Waals surface area (Å²) in [5, 5.41) is 40.2. The van der Waals surface area contributed by atoms with E-state index in [-0.39, 0.29) is 55.9 Å². The number of phenols is 2. The number of fused-ring (bicyclic) bond motifs is 8. The molecule has 480 valence electrons. The van der Waals surface area contributed by atoms with Crippen LogP contribution in [-0.2, 0) is 36.5 Å². The normalized spacial score (nSPS) is 16.0. The van der Waals surface area contributed by atoms with E-state index in [0.29, 0.717) is 37.2 Å². The molecule has 0 heterocycles. The SMILES string of the molecule is CO.CO.COc1c2ccc3c1C1c4ccccc4C3c3ccc(c(OC)c31)Cc1cc(C(C)(C)C)cc(c1O)Cc1ccc3c(c1OC)C1c4ccccc4C3c3ccc(c(OC)c31)Cc1cc(C(C)(C)C)cc(c1O)C2.ClCCl.ClCCl.ClCCl.ClCCl. The molecule has 0 amide bonds. The van der Waals surface area contributed by atoms with Crippen LogP contribution < -0.4 is 18.9 Å². The number of halogens is 8. The quantitative estimate of drug-likeness (QED) is 0.129. The molecule has 0 unspecified atom stereocenters. The molecule has 7 aliphatic rings. The first kappa shape index (κ1) is 72.2. The molecule has 8 nitrogen and oxygen atoms in total. The van der Waals surface area contributed by atoms with Crippen molar-refractivity contribution in [3.8, 4) is 34.5 Å². The Morgan fingerprint density at radius 1 is 0.322 bits per heavy atom. The van der Waals surface area contributed by atoms with Crippen LogP contribution in [-0.4, -0.2) is 84.4 Å². The molecule has 16 bridgehead atoms. The molecule has 0 radical (unpaired) electrons. The van der Waals surface area contributed by atoms with Crippen LogP contribution in [0.25, 0.3) is 0 Å². The molecule has 0 atom stereocenters. The highest BCUT2D eigenvalue weighted by atomic mass is 35.5. The number of hydrogen-bond donors (Lipinski definition) is 4. The highest BCUT2D eigenvalue weighted by molar-refractivity contribution is 6.41. The molecule has 0 aromatic heterocycles. The van der Waals surface area contributed by atoms with Gasteiger partial charge in [-0.2, -0.15) is 0 Å². The van der Waals surface area contributed by atoms with Gasteiger partial charge in [-0.3, -0.25) is 0 Å². The van der Waals surface area contributed by atoms with E-state index in [1.54, 1.807) is 28.4 Å². The van der Waals surface area contributed by atoms with Gasteiger partial charge in [0.05, 0.1) is 49.8 Å². The molecule has 0 fully saturated rings. The van der Waals surface area contributed by atoms with E-state index in [1.807, 2.05) is 0 Å². The number of aliphatic hydroxyl groups is 2. The van der Waals surface area contributed by atoms with E-state index in [1.165, 1.54) is 44.5 Å². The first-order valence-electron chi connectivity index (χ1n) is 29.3. The van der Waals surface area contributed by atoms with Crippen molar-refractivity contribution in [1.29, 1.82) is 0 Å². The molecule has 8 aromatic rings. The number of phenolic OH excluding ortho intramolecular Hbond substituents is 2. The second-order valence-corrected chi connectivity index (χ2v) is 27.2. The van der Waals surface area contributed by atoms with E-state index in [4.69, 9.17) is 122 Å². The predicted octanol–water partition coefficient (Wildman–Crippen LogP) is 19.3. The van der Waals surface area contributed by atoms with Gasteiger partial charge < -0.3 is 39.4 Å². The molecular formula is C74H80Cl8O8. The third-order valence-electron chi connectivity index (χ3n) is 17.5. The number of aromatic hydroxyl groups is 2. The lowest BCUT2D eigenvalue weighted by molar-refractivity contribution is 0.392. The number of alkyl halides is 8. The lowest BCUT2D eigenvalue weighted by atomic mass is 9.60. The van der Waals surface area contributed by atoms with Crippen LogP contribution in [0.5, 0.6) is 34.5 Å². The summed E-state index contributed by atoms with van der Waals surface area (Å²) in [5.74, 6) is 3.51. The first-order chi connectivity index (χ1) is 43.3. The number of methoxy groups -OCH3 is 4. The molecule has 4 N–H and O–H groups in total. The summed E-state index contributed by atoms with van der Waals surface area (Å²) < 4.78 is 26.6. The summed E-state index contributed by atoms with van der Waals surface area (Å²) in [6.45, 7) is 13.5. The average Bonchev–Trinajstić information content (AvgIpc) is 0.703. The van der Waals surface area contributed by atoms with Gasteiger partial charge in [-0.25, -0.2) is 0 Å². The van der Waals surface area contributed by atoms with Gasteiger partial charge >= 0.3 is 0 Å². The smallest absolute Gasteiger partial charge is 0.126 e. The average molecular weight is 1380 g/mol. The van der Waals surface area contributed by atoms with Gasteiger partial charge in [-0.05, 0) is 111 Å². The van der Waals surface area contributed by atoms with Gasteiger partial charge in [0, 0.05) is 85.8 Å². The van der Waals surface area contributed by atoms with Crippen molar-refractivity contribution in [3.63, 3.8) is 0 Å². The highest BCUT2D eigenvalue weighted by Gasteiger charge is 2.48. The molecule has 7 aliphatic carbocycles. The maximum absolute atomic E-state index is 12.7. The summed E-state index contributed by atoms with van der Waals surface area (Å²) in [7, 11) is 9.16. The Labute approximate surface area is 571 Å². The molecule has 0 spiro atoms. The fourth-order valence-corrected chi connectivity index (χ4v) is 14.1. The second kappa shape index (κ2) is 31.6. The third-order valence-corrected chi connectivity index (χ3v) is 17.5. The minimum Gasteiger partial charge on any atom is -0.507 e. The van der Waals surface area contributed by atoms with E-state index < -0.39 is 0 Å². The van der Waals surface area contributed by atoms with Crippen molar-refractivity contribution in [2.24, 2.45) is 0 Å². The summed E-state index contributed by atoms with van der Waals surface area (Å²) in [4.78, 5) is 0. The van der Waals surface area contributed by atoms with Gasteiger partial charge in [0.2, 0.25) is 0 Å². The van der Waals surface area contributed by atoms with Crippen molar-refractivity contribution in [1.82, 2.24) is 0 Å². The van der Waals surface area contributed by atoms with Gasteiger partial charge in [-0.1, -0.05) is 163 Å². The minimum absolute atomic E-state index is 0.0350. The number of ether oxygens (including phenoxy) is 4. The van der Waals surface area contributed by atoms with Crippen LogP contribution in [0.15, 0.2) is 121 Å². The molecule has 15 rings (SSSR count). The molecule has 0 aliphatic heterocycles. The first-order valence-corrected chi connectivity index (χ1v) is 33.6. The van der Waals surface area contributed by atoms with E-state index in [2.05, 4.69) is 163 Å². The van der Waals surface area contributed by atoms with E-state index in [9.17, 15) is 10.2 Å². The minimum atomic E-state index is -0.202. The van der Waals surface area contributed by atoms with Crippen LogP contribution in [0, 0.1) is 0 Å². The summed E-state index contributed by atoms with van der Waals surface area (Å²) in [5.41, 5.74) is 24.0. The Bertz CT molecular complexity index is 3390. The summed E-state index contributed by atoms with van der Waals surface area (Å²) >= 11 is 38.1. The Kier molecular flexibility index (Phi) is 25.4. The van der Waals surface area contributed by atoms with Gasteiger partial charge in [0.1, 0.15) is 34.5 Å². The standard InChI is InChI=1S/C68H64O6.4CH2Cl2.2CH4O/c1-67(2,3)43-31-39-27-35-19-23-49-53-45-15-11-13-17-47(45)55(57(49)63(35)71-7)59-51(53)25-21-37(65(59)73-9)29-41-33-44(68(4,5)6)34-42(62(41)70)30-38-22-26-52-54-46-16-12-14-18-48(46)56(60(52)66(38)74-10)58-50(54)24-20-36(64(58)72-8)28-40(32-43)61(39)69;4*2-1-3;2*1-2/h11-26,31-34,53-56,69-70H,27-30H2,1-10H3;4*1H2;2*2H,1H3. The van der Waals surface area contributed by atoms with Gasteiger partial charge in [0.25, 0.3) is 0 Å². The van der Waals surface area contributed by atoms with Gasteiger partial charge in [-0.15, -0.1) is 92.8 Å². The summed E-state index contributed by atoms with van der Waals surface area (Å²) in [6.07, 6.45) is 1.87. The zero-order valence-corrected chi connectivity index (χ0v) is 59.0. The maximum Gasteiger partial charge on any atom is 0.126 e. The number of benzene rings is 8. The summed E-state index contributed by atoms with van der Waals surface area (Å²) in [6, 6.07) is 44.5. The zero-order chi connectivity index (χ0) is 66.1. The molecular weight excluding hydrogens is 1300 g/mol. The van der Waals surface area contributed by atoms with Crippen molar-refractivity contribution in [2.75, 3.05) is 64.0 Å². The van der Waals surface area contributed by atoms with Crippen molar-refractivity contribution >= 4 is 92.8 Å².